The molecule has 0 aromatic carbocycles. The molecule has 0 amide bonds. The Hall–Kier alpha value is -0.0400. The van der Waals surface area contributed by atoms with E-state index in [1.165, 1.54) is 128 Å². The predicted octanol–water partition coefficient (Wildman–Crippen LogP) is 7.80. The molecule has 0 aliphatic heterocycles. The van der Waals surface area contributed by atoms with Crippen molar-refractivity contribution in [2.45, 2.75) is 135 Å². The minimum Gasteiger partial charge on any atom is -0.396 e. The van der Waals surface area contributed by atoms with Gasteiger partial charge in [-0.2, -0.15) is 0 Å². The number of hydrogen-bond acceptors (Lipinski definition) is 1. The maximum atomic E-state index is 8.72. The number of rotatable bonds is 17. The molecular weight excluding hydrogens is 292 g/mol. The lowest BCUT2D eigenvalue weighted by atomic mass is 9.85. The van der Waals surface area contributed by atoms with E-state index in [0.717, 1.165) is 12.3 Å². The lowest BCUT2D eigenvalue weighted by Gasteiger charge is -2.21. The van der Waals surface area contributed by atoms with Crippen LogP contribution in [0.3, 0.4) is 0 Å². The molecule has 1 rings (SSSR count). The summed E-state index contributed by atoms with van der Waals surface area (Å²) in [6.07, 6.45) is 30.1. The molecule has 1 aliphatic carbocycles. The average Bonchev–Trinajstić information content (AvgIpc) is 2.62. The minimum absolute atomic E-state index is 0.376. The lowest BCUT2D eigenvalue weighted by molar-refractivity contribution is 0.282. The van der Waals surface area contributed by atoms with Gasteiger partial charge in [-0.25, -0.2) is 0 Å². The standard InChI is InChI=1S/C23H46O/c24-22-18-13-11-9-7-5-3-1-2-4-6-8-10-12-15-19-23-20-16-14-17-21-23/h23-24H,1-22H2. The third-order valence-electron chi connectivity index (χ3n) is 6.00. The molecule has 144 valence electrons. The van der Waals surface area contributed by atoms with E-state index >= 15 is 0 Å². The Morgan fingerprint density at radius 2 is 0.833 bits per heavy atom. The number of unbranched alkanes of at least 4 members (excludes halogenated alkanes) is 14. The van der Waals surface area contributed by atoms with Gasteiger partial charge >= 0.3 is 0 Å². The monoisotopic (exact) mass is 338 g/mol. The van der Waals surface area contributed by atoms with Crippen molar-refractivity contribution in [3.8, 4) is 0 Å². The maximum absolute atomic E-state index is 8.72. The van der Waals surface area contributed by atoms with E-state index in [1.54, 1.807) is 0 Å². The summed E-state index contributed by atoms with van der Waals surface area (Å²) in [6.45, 7) is 0.376. The SMILES string of the molecule is OCCCCCCCCCCCCCCCCCC1CCCCC1. The first-order chi connectivity index (χ1) is 11.9. The summed E-state index contributed by atoms with van der Waals surface area (Å²) < 4.78 is 0. The second-order valence-corrected chi connectivity index (χ2v) is 8.32. The smallest absolute Gasteiger partial charge is 0.0431 e. The van der Waals surface area contributed by atoms with Gasteiger partial charge in [-0.05, 0) is 12.3 Å². The molecule has 0 aromatic heterocycles. The molecule has 1 fully saturated rings. The van der Waals surface area contributed by atoms with Crippen LogP contribution in [-0.2, 0) is 0 Å². The number of aliphatic hydroxyl groups excluding tert-OH is 1. The van der Waals surface area contributed by atoms with Crippen molar-refractivity contribution in [1.29, 1.82) is 0 Å². The Morgan fingerprint density at radius 3 is 1.25 bits per heavy atom. The van der Waals surface area contributed by atoms with Gasteiger partial charge in [-0.1, -0.05) is 128 Å². The van der Waals surface area contributed by atoms with E-state index in [0.29, 0.717) is 6.61 Å². The summed E-state index contributed by atoms with van der Waals surface area (Å²) in [5, 5.41) is 8.72. The topological polar surface area (TPSA) is 20.2 Å². The molecule has 0 heterocycles. The minimum atomic E-state index is 0.376. The summed E-state index contributed by atoms with van der Waals surface area (Å²) in [4.78, 5) is 0. The van der Waals surface area contributed by atoms with Gasteiger partial charge in [0.1, 0.15) is 0 Å². The largest absolute Gasteiger partial charge is 0.396 e. The lowest BCUT2D eigenvalue weighted by Crippen LogP contribution is -2.05. The van der Waals surface area contributed by atoms with Crippen molar-refractivity contribution in [2.75, 3.05) is 6.61 Å². The van der Waals surface area contributed by atoms with E-state index in [9.17, 15) is 0 Å². The number of hydrogen-bond donors (Lipinski definition) is 1. The zero-order chi connectivity index (χ0) is 17.1. The summed E-state index contributed by atoms with van der Waals surface area (Å²) in [6, 6.07) is 0. The van der Waals surface area contributed by atoms with Gasteiger partial charge in [0.05, 0.1) is 0 Å². The van der Waals surface area contributed by atoms with Crippen LogP contribution in [0.5, 0.6) is 0 Å². The van der Waals surface area contributed by atoms with Crippen molar-refractivity contribution in [1.82, 2.24) is 0 Å². The molecule has 0 bridgehead atoms. The van der Waals surface area contributed by atoms with Crippen molar-refractivity contribution in [2.24, 2.45) is 5.92 Å². The van der Waals surface area contributed by atoms with Gasteiger partial charge in [-0.15, -0.1) is 0 Å². The molecule has 0 radical (unpaired) electrons. The van der Waals surface area contributed by atoms with Gasteiger partial charge in [0.15, 0.2) is 0 Å². The average molecular weight is 339 g/mol. The van der Waals surface area contributed by atoms with Gasteiger partial charge in [0.2, 0.25) is 0 Å². The Balaban J connectivity index is 1.66. The van der Waals surface area contributed by atoms with Gasteiger partial charge in [-0.3, -0.25) is 0 Å². The zero-order valence-corrected chi connectivity index (χ0v) is 16.6. The summed E-state index contributed by atoms with van der Waals surface area (Å²) in [5.41, 5.74) is 0. The Morgan fingerprint density at radius 1 is 0.458 bits per heavy atom. The molecule has 1 saturated carbocycles. The van der Waals surface area contributed by atoms with Crippen molar-refractivity contribution in [3.63, 3.8) is 0 Å². The normalized spacial score (nSPS) is 15.9. The molecule has 1 aliphatic rings. The van der Waals surface area contributed by atoms with Crippen LogP contribution < -0.4 is 0 Å². The van der Waals surface area contributed by atoms with Crippen LogP contribution in [-0.4, -0.2) is 11.7 Å². The van der Waals surface area contributed by atoms with Gasteiger partial charge in [0.25, 0.3) is 0 Å². The first kappa shape index (κ1) is 22.0. The fourth-order valence-electron chi connectivity index (χ4n) is 4.32. The molecule has 1 nitrogen and oxygen atoms in total. The molecule has 0 spiro atoms. The fraction of sp³-hybridized carbons (Fsp3) is 1.00. The molecule has 0 saturated heterocycles. The van der Waals surface area contributed by atoms with Gasteiger partial charge < -0.3 is 5.11 Å². The molecule has 0 unspecified atom stereocenters. The maximum Gasteiger partial charge on any atom is 0.0431 e. The highest BCUT2D eigenvalue weighted by Gasteiger charge is 2.12. The van der Waals surface area contributed by atoms with Crippen molar-refractivity contribution >= 4 is 0 Å². The number of aliphatic hydroxyl groups is 1. The zero-order valence-electron chi connectivity index (χ0n) is 16.6. The van der Waals surface area contributed by atoms with Crippen LogP contribution >= 0.6 is 0 Å². The second-order valence-electron chi connectivity index (χ2n) is 8.32. The molecule has 1 heteroatoms. The van der Waals surface area contributed by atoms with Crippen LogP contribution in [0, 0.1) is 5.92 Å². The van der Waals surface area contributed by atoms with Crippen LogP contribution in [0.2, 0.25) is 0 Å². The first-order valence-corrected chi connectivity index (χ1v) is 11.5. The molecule has 24 heavy (non-hydrogen) atoms. The highest BCUT2D eigenvalue weighted by molar-refractivity contribution is 4.65. The molecule has 0 atom stereocenters. The highest BCUT2D eigenvalue weighted by atomic mass is 16.2. The van der Waals surface area contributed by atoms with Crippen LogP contribution in [0.4, 0.5) is 0 Å². The van der Waals surface area contributed by atoms with E-state index in [1.807, 2.05) is 0 Å². The first-order valence-electron chi connectivity index (χ1n) is 11.5. The molecular formula is C23H46O. The Bertz CT molecular complexity index is 232. The van der Waals surface area contributed by atoms with Crippen LogP contribution in [0.1, 0.15) is 135 Å². The van der Waals surface area contributed by atoms with E-state index in [-0.39, 0.29) is 0 Å². The molecule has 0 aromatic rings. The highest BCUT2D eigenvalue weighted by Crippen LogP contribution is 2.28. The third-order valence-corrected chi connectivity index (χ3v) is 6.00. The Kier molecular flexibility index (Phi) is 16.3. The summed E-state index contributed by atoms with van der Waals surface area (Å²) >= 11 is 0. The third kappa shape index (κ3) is 14.3. The predicted molar refractivity (Wildman–Crippen MR) is 108 cm³/mol. The second kappa shape index (κ2) is 17.8. The van der Waals surface area contributed by atoms with Crippen LogP contribution in [0.25, 0.3) is 0 Å². The quantitative estimate of drug-likeness (QED) is 0.268. The van der Waals surface area contributed by atoms with Crippen LogP contribution in [0.15, 0.2) is 0 Å². The Labute approximate surface area is 153 Å². The van der Waals surface area contributed by atoms with Crippen molar-refractivity contribution < 1.29 is 5.11 Å². The van der Waals surface area contributed by atoms with Gasteiger partial charge in [0, 0.05) is 6.61 Å². The van der Waals surface area contributed by atoms with E-state index in [4.69, 9.17) is 5.11 Å². The molecule has 1 N–H and O–H groups in total. The van der Waals surface area contributed by atoms with E-state index in [2.05, 4.69) is 0 Å². The summed E-state index contributed by atoms with van der Waals surface area (Å²) in [5.74, 6) is 1.09. The van der Waals surface area contributed by atoms with E-state index < -0.39 is 0 Å². The van der Waals surface area contributed by atoms with Crippen molar-refractivity contribution in [3.05, 3.63) is 0 Å². The fourth-order valence-corrected chi connectivity index (χ4v) is 4.32. The summed E-state index contributed by atoms with van der Waals surface area (Å²) in [7, 11) is 0.